The van der Waals surface area contributed by atoms with Crippen LogP contribution in [0.4, 0.5) is 10.5 Å². The van der Waals surface area contributed by atoms with Crippen LogP contribution in [0, 0.1) is 0 Å². The predicted molar refractivity (Wildman–Crippen MR) is 76.5 cm³/mol. The lowest BCUT2D eigenvalue weighted by Gasteiger charge is -2.18. The number of hydrogen-bond acceptors (Lipinski definition) is 3. The van der Waals surface area contributed by atoms with E-state index >= 15 is 0 Å². The summed E-state index contributed by atoms with van der Waals surface area (Å²) in [6, 6.07) is 4.21. The van der Waals surface area contributed by atoms with Crippen LogP contribution in [0.3, 0.4) is 0 Å². The van der Waals surface area contributed by atoms with Gasteiger partial charge in [-0.1, -0.05) is 13.3 Å². The van der Waals surface area contributed by atoms with Crippen LogP contribution in [0.15, 0.2) is 18.2 Å². The van der Waals surface area contributed by atoms with E-state index < -0.39 is 5.97 Å². The molecular formula is C14H20N2O4. The standard InChI is InChI=1S/C14H20N2O4/c1-4-5-8-16(2)14(19)15-10-6-7-11(13(17)18)12(9-10)20-3/h6-7,9H,4-5,8H2,1-3H3,(H,15,19)(H,17,18). The molecule has 0 aliphatic heterocycles. The fraction of sp³-hybridized carbons (Fsp3) is 0.429. The van der Waals surface area contributed by atoms with Gasteiger partial charge in [0.15, 0.2) is 0 Å². The average Bonchev–Trinajstić information content (AvgIpc) is 2.44. The number of urea groups is 1. The number of methoxy groups -OCH3 is 1. The number of nitrogens with one attached hydrogen (secondary N) is 1. The van der Waals surface area contributed by atoms with Crippen molar-refractivity contribution in [2.75, 3.05) is 26.0 Å². The number of carboxylic acids is 1. The van der Waals surface area contributed by atoms with Gasteiger partial charge in [-0.25, -0.2) is 9.59 Å². The van der Waals surface area contributed by atoms with E-state index in [1.807, 2.05) is 0 Å². The van der Waals surface area contributed by atoms with E-state index in [1.54, 1.807) is 11.9 Å². The minimum atomic E-state index is -1.07. The number of carboxylic acid groups (broad SMARTS) is 1. The van der Waals surface area contributed by atoms with Crippen LogP contribution in [0.2, 0.25) is 0 Å². The van der Waals surface area contributed by atoms with Gasteiger partial charge in [-0.05, 0) is 18.6 Å². The van der Waals surface area contributed by atoms with Crippen LogP contribution >= 0.6 is 0 Å². The summed E-state index contributed by atoms with van der Waals surface area (Å²) in [6.45, 7) is 2.73. The smallest absolute Gasteiger partial charge is 0.339 e. The number of nitrogens with zero attached hydrogens (tertiary/aromatic N) is 1. The normalized spacial score (nSPS) is 9.95. The van der Waals surface area contributed by atoms with Crippen LogP contribution in [0.25, 0.3) is 0 Å². The Labute approximate surface area is 118 Å². The summed E-state index contributed by atoms with van der Waals surface area (Å²) in [5.74, 6) is -0.855. The number of ether oxygens (including phenoxy) is 1. The predicted octanol–water partition coefficient (Wildman–Crippen LogP) is 2.66. The maximum absolute atomic E-state index is 11.9. The van der Waals surface area contributed by atoms with Crippen molar-refractivity contribution in [1.29, 1.82) is 0 Å². The maximum Gasteiger partial charge on any atom is 0.339 e. The minimum absolute atomic E-state index is 0.0600. The van der Waals surface area contributed by atoms with Gasteiger partial charge in [-0.2, -0.15) is 0 Å². The first-order valence-electron chi connectivity index (χ1n) is 6.43. The monoisotopic (exact) mass is 280 g/mol. The van der Waals surface area contributed by atoms with Crippen molar-refractivity contribution in [3.8, 4) is 5.75 Å². The molecule has 6 nitrogen and oxygen atoms in total. The molecule has 1 aromatic rings. The molecule has 6 heteroatoms. The largest absolute Gasteiger partial charge is 0.496 e. The zero-order valence-electron chi connectivity index (χ0n) is 12.0. The lowest BCUT2D eigenvalue weighted by Crippen LogP contribution is -2.32. The Morgan fingerprint density at radius 3 is 2.65 bits per heavy atom. The van der Waals surface area contributed by atoms with Crippen molar-refractivity contribution < 1.29 is 19.4 Å². The number of unbranched alkanes of at least 4 members (excludes halogenated alkanes) is 1. The lowest BCUT2D eigenvalue weighted by atomic mass is 10.2. The van der Waals surface area contributed by atoms with E-state index in [0.717, 1.165) is 12.8 Å². The molecule has 0 aliphatic carbocycles. The molecule has 1 aromatic carbocycles. The van der Waals surface area contributed by atoms with E-state index in [1.165, 1.54) is 25.3 Å². The first kappa shape index (κ1) is 15.8. The van der Waals surface area contributed by atoms with E-state index in [2.05, 4.69) is 12.2 Å². The van der Waals surface area contributed by atoms with Gasteiger partial charge in [-0.15, -0.1) is 0 Å². The Hall–Kier alpha value is -2.24. The number of benzene rings is 1. The van der Waals surface area contributed by atoms with Crippen LogP contribution in [-0.2, 0) is 0 Å². The second-order valence-electron chi connectivity index (χ2n) is 4.43. The summed E-state index contributed by atoms with van der Waals surface area (Å²) in [5.41, 5.74) is 0.560. The summed E-state index contributed by atoms with van der Waals surface area (Å²) in [6.07, 6.45) is 1.95. The zero-order chi connectivity index (χ0) is 15.1. The summed E-state index contributed by atoms with van der Waals surface area (Å²) in [4.78, 5) is 24.4. The highest BCUT2D eigenvalue weighted by Gasteiger charge is 2.13. The minimum Gasteiger partial charge on any atom is -0.496 e. The van der Waals surface area contributed by atoms with Gasteiger partial charge in [0.1, 0.15) is 11.3 Å². The van der Waals surface area contributed by atoms with E-state index in [0.29, 0.717) is 12.2 Å². The highest BCUT2D eigenvalue weighted by atomic mass is 16.5. The summed E-state index contributed by atoms with van der Waals surface area (Å²) < 4.78 is 5.01. The summed E-state index contributed by atoms with van der Waals surface area (Å²) >= 11 is 0. The highest BCUT2D eigenvalue weighted by Crippen LogP contribution is 2.23. The molecule has 20 heavy (non-hydrogen) atoms. The Kier molecular flexibility index (Phi) is 5.83. The van der Waals surface area contributed by atoms with Crippen LogP contribution in [0.5, 0.6) is 5.75 Å². The van der Waals surface area contributed by atoms with Crippen LogP contribution in [0.1, 0.15) is 30.1 Å². The van der Waals surface area contributed by atoms with Crippen molar-refractivity contribution >= 4 is 17.7 Å². The lowest BCUT2D eigenvalue weighted by molar-refractivity contribution is 0.0693. The summed E-state index contributed by atoms with van der Waals surface area (Å²) in [5, 5.41) is 11.7. The van der Waals surface area contributed by atoms with Gasteiger partial charge in [0.25, 0.3) is 0 Å². The first-order chi connectivity index (χ1) is 9.49. The fourth-order valence-corrected chi connectivity index (χ4v) is 1.66. The third-order valence-corrected chi connectivity index (χ3v) is 2.88. The molecule has 0 heterocycles. The van der Waals surface area contributed by atoms with Crippen molar-refractivity contribution in [3.05, 3.63) is 23.8 Å². The number of carbonyl (C=O) groups excluding carboxylic acids is 1. The molecule has 0 saturated carbocycles. The Morgan fingerprint density at radius 1 is 1.40 bits per heavy atom. The van der Waals surface area contributed by atoms with E-state index in [-0.39, 0.29) is 17.3 Å². The van der Waals surface area contributed by atoms with Gasteiger partial charge in [0.2, 0.25) is 0 Å². The molecule has 1 rings (SSSR count). The number of carbonyl (C=O) groups is 2. The van der Waals surface area contributed by atoms with E-state index in [9.17, 15) is 9.59 Å². The number of aromatic carboxylic acids is 1. The zero-order valence-corrected chi connectivity index (χ0v) is 12.0. The second kappa shape index (κ2) is 7.37. The molecule has 0 fully saturated rings. The molecule has 0 bridgehead atoms. The molecule has 2 amide bonds. The molecule has 0 unspecified atom stereocenters. The number of anilines is 1. The maximum atomic E-state index is 11.9. The second-order valence-corrected chi connectivity index (χ2v) is 4.43. The van der Waals surface area contributed by atoms with Gasteiger partial charge in [0, 0.05) is 25.3 Å². The number of hydrogen-bond donors (Lipinski definition) is 2. The van der Waals surface area contributed by atoms with Crippen LogP contribution < -0.4 is 10.1 Å². The third kappa shape index (κ3) is 4.15. The van der Waals surface area contributed by atoms with Gasteiger partial charge < -0.3 is 20.1 Å². The molecule has 0 saturated heterocycles. The Bertz CT molecular complexity index is 488. The van der Waals surface area contributed by atoms with Gasteiger partial charge in [0.05, 0.1) is 7.11 Å². The Morgan fingerprint density at radius 2 is 2.10 bits per heavy atom. The molecular weight excluding hydrogens is 260 g/mol. The van der Waals surface area contributed by atoms with Crippen molar-refractivity contribution in [3.63, 3.8) is 0 Å². The molecule has 110 valence electrons. The molecule has 0 atom stereocenters. The van der Waals surface area contributed by atoms with E-state index in [4.69, 9.17) is 9.84 Å². The SMILES string of the molecule is CCCCN(C)C(=O)Nc1ccc(C(=O)O)c(OC)c1. The number of amides is 2. The highest BCUT2D eigenvalue weighted by molar-refractivity contribution is 5.94. The van der Waals surface area contributed by atoms with Crippen molar-refractivity contribution in [1.82, 2.24) is 4.90 Å². The summed E-state index contributed by atoms with van der Waals surface area (Å²) in [7, 11) is 3.11. The molecule has 0 aromatic heterocycles. The molecule has 0 radical (unpaired) electrons. The van der Waals surface area contributed by atoms with Gasteiger partial charge in [-0.3, -0.25) is 0 Å². The Balaban J connectivity index is 2.78. The fourth-order valence-electron chi connectivity index (χ4n) is 1.66. The molecule has 0 spiro atoms. The molecule has 0 aliphatic rings. The average molecular weight is 280 g/mol. The third-order valence-electron chi connectivity index (χ3n) is 2.88. The first-order valence-corrected chi connectivity index (χ1v) is 6.43. The topological polar surface area (TPSA) is 78.9 Å². The molecule has 2 N–H and O–H groups in total. The quantitative estimate of drug-likeness (QED) is 0.839. The van der Waals surface area contributed by atoms with Crippen molar-refractivity contribution in [2.45, 2.75) is 19.8 Å². The van der Waals surface area contributed by atoms with Crippen molar-refractivity contribution in [2.24, 2.45) is 0 Å². The van der Waals surface area contributed by atoms with Crippen LogP contribution in [-0.4, -0.2) is 42.7 Å². The van der Waals surface area contributed by atoms with Gasteiger partial charge >= 0.3 is 12.0 Å². The number of rotatable bonds is 6.